The van der Waals surface area contributed by atoms with Crippen LogP contribution in [0.3, 0.4) is 0 Å². The van der Waals surface area contributed by atoms with E-state index < -0.39 is 0 Å². The van der Waals surface area contributed by atoms with Gasteiger partial charge < -0.3 is 19.7 Å². The number of pyridine rings is 1. The van der Waals surface area contributed by atoms with E-state index in [0.29, 0.717) is 73.0 Å². The van der Waals surface area contributed by atoms with Crippen LogP contribution in [-0.4, -0.2) is 48.4 Å². The van der Waals surface area contributed by atoms with E-state index in [0.717, 1.165) is 18.8 Å². The zero-order valence-corrected chi connectivity index (χ0v) is 24.0. The van der Waals surface area contributed by atoms with Gasteiger partial charge in [0.05, 0.1) is 35.3 Å². The van der Waals surface area contributed by atoms with E-state index in [1.807, 2.05) is 24.3 Å². The highest BCUT2D eigenvalue weighted by Gasteiger charge is 2.29. The Balaban J connectivity index is 1.36. The highest BCUT2D eigenvalue weighted by molar-refractivity contribution is 6.41. The third-order valence-electron chi connectivity index (χ3n) is 7.79. The lowest BCUT2D eigenvalue weighted by molar-refractivity contribution is 0.102. The van der Waals surface area contributed by atoms with Gasteiger partial charge in [-0.15, -0.1) is 0 Å². The van der Waals surface area contributed by atoms with Crippen LogP contribution in [0.25, 0.3) is 22.3 Å². The summed E-state index contributed by atoms with van der Waals surface area (Å²) in [4.78, 5) is 20.1. The van der Waals surface area contributed by atoms with Crippen molar-refractivity contribution >= 4 is 51.6 Å². The van der Waals surface area contributed by atoms with Gasteiger partial charge in [0, 0.05) is 36.0 Å². The van der Waals surface area contributed by atoms with Crippen LogP contribution in [-0.2, 0) is 0 Å². The van der Waals surface area contributed by atoms with Gasteiger partial charge in [-0.3, -0.25) is 9.89 Å². The molecular formula is C29H31Cl2N5O3. The molecule has 1 fully saturated rings. The Kier molecular flexibility index (Phi) is 7.60. The Bertz CT molecular complexity index is 1480. The number of amides is 1. The van der Waals surface area contributed by atoms with E-state index in [1.54, 1.807) is 18.2 Å². The molecule has 4 aromatic rings. The average Bonchev–Trinajstić information content (AvgIpc) is 3.33. The lowest BCUT2D eigenvalue weighted by Crippen LogP contribution is -2.43. The Morgan fingerprint density at radius 1 is 0.974 bits per heavy atom. The Morgan fingerprint density at radius 3 is 2.18 bits per heavy atom. The number of carbonyl (C=O) groups is 1. The quantitative estimate of drug-likeness (QED) is 0.262. The molecular weight excluding hydrogens is 537 g/mol. The molecule has 1 saturated heterocycles. The molecule has 3 atom stereocenters. The molecule has 0 radical (unpaired) electrons. The summed E-state index contributed by atoms with van der Waals surface area (Å²) < 4.78 is 10.7. The molecule has 8 nitrogen and oxygen atoms in total. The average molecular weight is 569 g/mol. The molecule has 0 aliphatic carbocycles. The molecule has 0 bridgehead atoms. The highest BCUT2D eigenvalue weighted by Crippen LogP contribution is 2.45. The molecule has 1 aliphatic rings. The molecule has 1 unspecified atom stereocenters. The maximum absolute atomic E-state index is 13.0. The number of aromatic amines is 1. The molecule has 1 aliphatic heterocycles. The number of hydrogen-bond acceptors (Lipinski definition) is 6. The van der Waals surface area contributed by atoms with Crippen molar-refractivity contribution in [1.82, 2.24) is 15.2 Å². The van der Waals surface area contributed by atoms with Crippen molar-refractivity contribution in [3.8, 4) is 22.8 Å². The summed E-state index contributed by atoms with van der Waals surface area (Å²) in [6.07, 6.45) is 0. The number of fused-ring (bicyclic) bond motifs is 1. The number of benzene rings is 2. The van der Waals surface area contributed by atoms with Gasteiger partial charge in [-0.05, 0) is 54.2 Å². The van der Waals surface area contributed by atoms with E-state index in [4.69, 9.17) is 32.7 Å². The Hall–Kier alpha value is -3.49. The van der Waals surface area contributed by atoms with Crippen LogP contribution in [0.4, 0.5) is 11.5 Å². The van der Waals surface area contributed by atoms with Gasteiger partial charge >= 0.3 is 0 Å². The van der Waals surface area contributed by atoms with Crippen LogP contribution in [0.15, 0.2) is 42.5 Å². The molecule has 2 aromatic carbocycles. The fourth-order valence-corrected chi connectivity index (χ4v) is 5.82. The minimum atomic E-state index is -0.253. The third-order valence-corrected chi connectivity index (χ3v) is 8.54. The zero-order chi connectivity index (χ0) is 27.8. The minimum absolute atomic E-state index is 0.253. The Morgan fingerprint density at radius 2 is 1.59 bits per heavy atom. The molecule has 1 amide bonds. The lowest BCUT2D eigenvalue weighted by atomic mass is 9.81. The van der Waals surface area contributed by atoms with Crippen molar-refractivity contribution in [2.75, 3.05) is 37.5 Å². The second-order valence-corrected chi connectivity index (χ2v) is 10.9. The fraction of sp³-hybridized carbons (Fsp3) is 0.345. The molecule has 0 saturated carbocycles. The summed E-state index contributed by atoms with van der Waals surface area (Å²) in [6, 6.07) is 12.9. The van der Waals surface area contributed by atoms with Crippen LogP contribution in [0, 0.1) is 17.8 Å². The van der Waals surface area contributed by atoms with Crippen molar-refractivity contribution in [2.45, 2.75) is 20.8 Å². The standard InChI is InChI=1S/C29H31Cl2N5O3/c1-15-13-36(14-16(2)17(15)3)19-8-6-18(7-9-19)29(37)33-28-20-10-11-21(32-27(20)34-35-28)24-25(30)22(38-4)12-23(39-5)26(24)31/h6-12,15-17H,13-14H2,1-5H3,(H2,32,33,34,35,37)/t15-,16+,17?. The lowest BCUT2D eigenvalue weighted by Gasteiger charge is -2.41. The van der Waals surface area contributed by atoms with Crippen LogP contribution in [0.1, 0.15) is 31.1 Å². The van der Waals surface area contributed by atoms with Crippen molar-refractivity contribution in [1.29, 1.82) is 0 Å². The second kappa shape index (κ2) is 10.9. The maximum Gasteiger partial charge on any atom is 0.256 e. The summed E-state index contributed by atoms with van der Waals surface area (Å²) >= 11 is 13.1. The van der Waals surface area contributed by atoms with Crippen LogP contribution >= 0.6 is 23.2 Å². The topological polar surface area (TPSA) is 92.4 Å². The number of ether oxygens (including phenoxy) is 2. The van der Waals surface area contributed by atoms with Crippen LogP contribution < -0.4 is 19.7 Å². The second-order valence-electron chi connectivity index (χ2n) is 10.2. The molecule has 2 aromatic heterocycles. The van der Waals surface area contributed by atoms with Gasteiger partial charge in [0.25, 0.3) is 5.91 Å². The maximum atomic E-state index is 13.0. The molecule has 10 heteroatoms. The number of anilines is 2. The summed E-state index contributed by atoms with van der Waals surface area (Å²) in [7, 11) is 3.03. The number of nitrogens with one attached hydrogen (secondary N) is 2. The summed E-state index contributed by atoms with van der Waals surface area (Å²) in [6.45, 7) is 8.97. The number of piperidine rings is 1. The molecule has 3 heterocycles. The number of nitrogens with zero attached hydrogens (tertiary/aromatic N) is 3. The monoisotopic (exact) mass is 567 g/mol. The van der Waals surface area contributed by atoms with E-state index in [9.17, 15) is 4.79 Å². The minimum Gasteiger partial charge on any atom is -0.495 e. The number of carbonyl (C=O) groups excluding carboxylic acids is 1. The number of methoxy groups -OCH3 is 2. The number of hydrogen-bond donors (Lipinski definition) is 2. The van der Waals surface area contributed by atoms with E-state index >= 15 is 0 Å². The van der Waals surface area contributed by atoms with E-state index in [2.05, 4.69) is 46.2 Å². The van der Waals surface area contributed by atoms with Gasteiger partial charge in [0.2, 0.25) is 0 Å². The van der Waals surface area contributed by atoms with Gasteiger partial charge in [0.15, 0.2) is 11.5 Å². The molecule has 204 valence electrons. The largest absolute Gasteiger partial charge is 0.495 e. The number of halogens is 2. The molecule has 39 heavy (non-hydrogen) atoms. The van der Waals surface area contributed by atoms with Gasteiger partial charge in [0.1, 0.15) is 11.5 Å². The Labute approximate surface area is 237 Å². The number of H-pyrrole nitrogens is 1. The predicted molar refractivity (Wildman–Crippen MR) is 157 cm³/mol. The van der Waals surface area contributed by atoms with Crippen molar-refractivity contribution < 1.29 is 14.3 Å². The smallest absolute Gasteiger partial charge is 0.256 e. The van der Waals surface area contributed by atoms with E-state index in [1.165, 1.54) is 14.2 Å². The summed E-state index contributed by atoms with van der Waals surface area (Å²) in [5.41, 5.74) is 3.12. The first kappa shape index (κ1) is 27.1. The normalized spacial score (nSPS) is 19.3. The fourth-order valence-electron chi connectivity index (χ4n) is 5.13. The van der Waals surface area contributed by atoms with Crippen molar-refractivity contribution in [3.63, 3.8) is 0 Å². The van der Waals surface area contributed by atoms with Gasteiger partial charge in [-0.1, -0.05) is 44.0 Å². The first-order valence-corrected chi connectivity index (χ1v) is 13.6. The van der Waals surface area contributed by atoms with Gasteiger partial charge in [-0.25, -0.2) is 4.98 Å². The predicted octanol–water partition coefficient (Wildman–Crippen LogP) is 6.93. The summed E-state index contributed by atoms with van der Waals surface area (Å²) in [5.74, 6) is 2.90. The molecule has 2 N–H and O–H groups in total. The van der Waals surface area contributed by atoms with Crippen LogP contribution in [0.5, 0.6) is 11.5 Å². The SMILES string of the molecule is COc1cc(OC)c(Cl)c(-c2ccc3c(NC(=O)c4ccc(N5C[C@@H](C)C(C)[C@@H](C)C5)cc4)n[nH]c3n2)c1Cl. The molecule has 0 spiro atoms. The first-order valence-electron chi connectivity index (χ1n) is 12.8. The zero-order valence-electron chi connectivity index (χ0n) is 22.5. The number of rotatable bonds is 6. The van der Waals surface area contributed by atoms with E-state index in [-0.39, 0.29) is 5.91 Å². The van der Waals surface area contributed by atoms with Crippen molar-refractivity contribution in [3.05, 3.63) is 58.1 Å². The third kappa shape index (κ3) is 5.11. The van der Waals surface area contributed by atoms with Crippen molar-refractivity contribution in [2.24, 2.45) is 17.8 Å². The van der Waals surface area contributed by atoms with Gasteiger partial charge in [-0.2, -0.15) is 5.10 Å². The highest BCUT2D eigenvalue weighted by atomic mass is 35.5. The van der Waals surface area contributed by atoms with Crippen LogP contribution in [0.2, 0.25) is 10.0 Å². The number of aromatic nitrogens is 3. The first-order chi connectivity index (χ1) is 18.7. The summed E-state index contributed by atoms with van der Waals surface area (Å²) in [5, 5.41) is 11.3. The molecule has 5 rings (SSSR count).